The quantitative estimate of drug-likeness (QED) is 0.816. The molecule has 0 radical (unpaired) electrons. The molecule has 2 aromatic rings. The fourth-order valence-corrected chi connectivity index (χ4v) is 3.21. The Bertz CT molecular complexity index is 755. The van der Waals surface area contributed by atoms with Crippen molar-refractivity contribution in [1.82, 2.24) is 4.90 Å². The van der Waals surface area contributed by atoms with Crippen LogP contribution < -0.4 is 0 Å². The lowest BCUT2D eigenvalue weighted by Crippen LogP contribution is -2.40. The Balaban J connectivity index is 1.46. The largest absolute Gasteiger partial charge is 0.459 e. The number of aliphatic imine (C=N–C) groups is 1. The van der Waals surface area contributed by atoms with Crippen LogP contribution >= 0.6 is 0 Å². The van der Waals surface area contributed by atoms with E-state index in [4.69, 9.17) is 9.73 Å². The molecule has 0 unspecified atom stereocenters. The van der Waals surface area contributed by atoms with Gasteiger partial charge >= 0.3 is 5.97 Å². The standard InChI is InChI=1S/C19H18N2O2/c22-19(23-13-14-6-2-1-3-7-14)17-10-11-18-20-16-9-5-4-8-15(16)12-21(17)18/h1-9,17H,10-13H2/t17-/m1/s1. The molecular formula is C19H18N2O2. The first-order chi connectivity index (χ1) is 11.3. The number of benzene rings is 2. The molecule has 0 aromatic heterocycles. The highest BCUT2D eigenvalue weighted by Gasteiger charge is 2.37. The Morgan fingerprint density at radius 2 is 1.91 bits per heavy atom. The van der Waals surface area contributed by atoms with E-state index in [1.165, 1.54) is 5.56 Å². The van der Waals surface area contributed by atoms with E-state index in [-0.39, 0.29) is 12.0 Å². The van der Waals surface area contributed by atoms with Crippen molar-refractivity contribution in [3.05, 3.63) is 65.7 Å². The third-order valence-corrected chi connectivity index (χ3v) is 4.43. The lowest BCUT2D eigenvalue weighted by atomic mass is 10.1. The molecule has 2 aromatic carbocycles. The van der Waals surface area contributed by atoms with Gasteiger partial charge in [-0.15, -0.1) is 0 Å². The van der Waals surface area contributed by atoms with Crippen molar-refractivity contribution in [3.8, 4) is 0 Å². The molecule has 1 fully saturated rings. The van der Waals surface area contributed by atoms with Gasteiger partial charge in [-0.25, -0.2) is 9.79 Å². The van der Waals surface area contributed by atoms with Gasteiger partial charge in [-0.3, -0.25) is 0 Å². The SMILES string of the molecule is O=C(OCc1ccccc1)[C@H]1CCC2=Nc3ccccc3CN21. The molecule has 0 spiro atoms. The lowest BCUT2D eigenvalue weighted by molar-refractivity contribution is -0.149. The third-order valence-electron chi connectivity index (χ3n) is 4.43. The number of amidine groups is 1. The molecule has 4 nitrogen and oxygen atoms in total. The number of nitrogens with zero attached hydrogens (tertiary/aromatic N) is 2. The minimum absolute atomic E-state index is 0.154. The molecule has 4 heteroatoms. The van der Waals surface area contributed by atoms with Crippen LogP contribution in [0.4, 0.5) is 5.69 Å². The summed E-state index contributed by atoms with van der Waals surface area (Å²) in [5.74, 6) is 0.851. The summed E-state index contributed by atoms with van der Waals surface area (Å²) in [6.45, 7) is 1.06. The molecule has 0 amide bonds. The zero-order valence-electron chi connectivity index (χ0n) is 12.8. The predicted molar refractivity (Wildman–Crippen MR) is 88.3 cm³/mol. The number of para-hydroxylation sites is 1. The molecule has 0 saturated carbocycles. The van der Waals surface area contributed by atoms with Crippen molar-refractivity contribution in [1.29, 1.82) is 0 Å². The van der Waals surface area contributed by atoms with E-state index >= 15 is 0 Å². The maximum atomic E-state index is 12.5. The van der Waals surface area contributed by atoms with Gasteiger partial charge in [0.1, 0.15) is 18.5 Å². The van der Waals surface area contributed by atoms with Crippen molar-refractivity contribution >= 4 is 17.5 Å². The summed E-state index contributed by atoms with van der Waals surface area (Å²) in [6.07, 6.45) is 1.61. The molecule has 0 N–H and O–H groups in total. The molecule has 4 rings (SSSR count). The fourth-order valence-electron chi connectivity index (χ4n) is 3.21. The zero-order valence-corrected chi connectivity index (χ0v) is 12.8. The van der Waals surface area contributed by atoms with E-state index in [9.17, 15) is 4.79 Å². The Kier molecular flexibility index (Phi) is 3.58. The van der Waals surface area contributed by atoms with Crippen LogP contribution in [0.3, 0.4) is 0 Å². The van der Waals surface area contributed by atoms with Gasteiger partial charge in [0.15, 0.2) is 0 Å². The highest BCUT2D eigenvalue weighted by Crippen LogP contribution is 2.33. The van der Waals surface area contributed by atoms with Crippen molar-refractivity contribution in [3.63, 3.8) is 0 Å². The highest BCUT2D eigenvalue weighted by molar-refractivity contribution is 5.94. The summed E-state index contributed by atoms with van der Waals surface area (Å²) in [6, 6.07) is 17.7. The van der Waals surface area contributed by atoms with E-state index in [1.54, 1.807) is 0 Å². The molecule has 23 heavy (non-hydrogen) atoms. The van der Waals surface area contributed by atoms with Crippen molar-refractivity contribution in [2.45, 2.75) is 32.0 Å². The number of rotatable bonds is 3. The summed E-state index contributed by atoms with van der Waals surface area (Å²) in [5, 5.41) is 0. The second kappa shape index (κ2) is 5.88. The zero-order chi connectivity index (χ0) is 15.6. The second-order valence-corrected chi connectivity index (χ2v) is 5.93. The number of ether oxygens (including phenoxy) is 1. The third kappa shape index (κ3) is 2.72. The average molecular weight is 306 g/mol. The maximum Gasteiger partial charge on any atom is 0.329 e. The number of carbonyl (C=O) groups excluding carboxylic acids is 1. The molecule has 2 heterocycles. The molecule has 0 aliphatic carbocycles. The fraction of sp³-hybridized carbons (Fsp3) is 0.263. The van der Waals surface area contributed by atoms with Crippen LogP contribution in [0.5, 0.6) is 0 Å². The Morgan fingerprint density at radius 3 is 2.78 bits per heavy atom. The molecule has 1 atom stereocenters. The maximum absolute atomic E-state index is 12.5. The molecule has 116 valence electrons. The molecule has 2 aliphatic rings. The van der Waals surface area contributed by atoms with E-state index in [2.05, 4.69) is 11.0 Å². The summed E-state index contributed by atoms with van der Waals surface area (Å²) in [4.78, 5) is 19.3. The summed E-state index contributed by atoms with van der Waals surface area (Å²) in [5.41, 5.74) is 3.20. The van der Waals surface area contributed by atoms with Gasteiger partial charge in [-0.05, 0) is 23.6 Å². The van der Waals surface area contributed by atoms with E-state index in [0.717, 1.165) is 36.5 Å². The normalized spacial score (nSPS) is 18.9. The van der Waals surface area contributed by atoms with Crippen LogP contribution in [0.2, 0.25) is 0 Å². The summed E-state index contributed by atoms with van der Waals surface area (Å²) >= 11 is 0. The number of hydrogen-bond donors (Lipinski definition) is 0. The van der Waals surface area contributed by atoms with Gasteiger partial charge in [-0.2, -0.15) is 0 Å². The molecular weight excluding hydrogens is 288 g/mol. The molecule has 2 aliphatic heterocycles. The highest BCUT2D eigenvalue weighted by atomic mass is 16.5. The van der Waals surface area contributed by atoms with Crippen LogP contribution in [0.1, 0.15) is 24.0 Å². The van der Waals surface area contributed by atoms with Crippen LogP contribution in [0, 0.1) is 0 Å². The first kappa shape index (κ1) is 14.0. The van der Waals surface area contributed by atoms with Gasteiger partial charge in [0.25, 0.3) is 0 Å². The number of esters is 1. The predicted octanol–water partition coefficient (Wildman–Crippen LogP) is 3.44. The smallest absolute Gasteiger partial charge is 0.329 e. The van der Waals surface area contributed by atoms with Gasteiger partial charge in [0, 0.05) is 13.0 Å². The van der Waals surface area contributed by atoms with Crippen molar-refractivity contribution in [2.75, 3.05) is 0 Å². The first-order valence-electron chi connectivity index (χ1n) is 7.94. The monoisotopic (exact) mass is 306 g/mol. The number of carbonyl (C=O) groups is 1. The van der Waals surface area contributed by atoms with E-state index < -0.39 is 0 Å². The van der Waals surface area contributed by atoms with Crippen LogP contribution in [-0.4, -0.2) is 22.7 Å². The van der Waals surface area contributed by atoms with Crippen molar-refractivity contribution in [2.24, 2.45) is 4.99 Å². The van der Waals surface area contributed by atoms with Gasteiger partial charge in [0.2, 0.25) is 0 Å². The van der Waals surface area contributed by atoms with E-state index in [0.29, 0.717) is 6.61 Å². The Labute approximate surface area is 135 Å². The number of hydrogen-bond acceptors (Lipinski definition) is 4. The van der Waals surface area contributed by atoms with Crippen molar-refractivity contribution < 1.29 is 9.53 Å². The van der Waals surface area contributed by atoms with Gasteiger partial charge < -0.3 is 9.64 Å². The molecule has 0 bridgehead atoms. The Hall–Kier alpha value is -2.62. The van der Waals surface area contributed by atoms with Gasteiger partial charge in [-0.1, -0.05) is 48.5 Å². The van der Waals surface area contributed by atoms with E-state index in [1.807, 2.05) is 48.5 Å². The average Bonchev–Trinajstić information content (AvgIpc) is 3.01. The van der Waals surface area contributed by atoms with Crippen LogP contribution in [0.15, 0.2) is 59.6 Å². The summed E-state index contributed by atoms with van der Waals surface area (Å²) < 4.78 is 5.51. The second-order valence-electron chi connectivity index (χ2n) is 5.93. The summed E-state index contributed by atoms with van der Waals surface area (Å²) in [7, 11) is 0. The van der Waals surface area contributed by atoms with Gasteiger partial charge in [0.05, 0.1) is 5.69 Å². The minimum Gasteiger partial charge on any atom is -0.459 e. The minimum atomic E-state index is -0.217. The number of fused-ring (bicyclic) bond motifs is 2. The molecule has 1 saturated heterocycles. The Morgan fingerprint density at radius 1 is 1.13 bits per heavy atom. The van der Waals surface area contributed by atoms with Crippen LogP contribution in [0.25, 0.3) is 0 Å². The topological polar surface area (TPSA) is 41.9 Å². The van der Waals surface area contributed by atoms with Crippen LogP contribution in [-0.2, 0) is 22.7 Å². The first-order valence-corrected chi connectivity index (χ1v) is 7.94. The lowest BCUT2D eigenvalue weighted by Gasteiger charge is -2.29.